The Balaban J connectivity index is 1.42. The minimum absolute atomic E-state index is 0.479. The minimum Gasteiger partial charge on any atom is -0.356 e. The second-order valence-electron chi connectivity index (χ2n) is 7.80. The summed E-state index contributed by atoms with van der Waals surface area (Å²) in [6, 6.07) is 18.3. The van der Waals surface area contributed by atoms with Crippen molar-refractivity contribution in [1.82, 2.24) is 9.97 Å². The van der Waals surface area contributed by atoms with Crippen LogP contribution >= 0.6 is 0 Å². The predicted molar refractivity (Wildman–Crippen MR) is 131 cm³/mol. The first-order valence-electron chi connectivity index (χ1n) is 10.7. The lowest BCUT2D eigenvalue weighted by Crippen LogP contribution is -2.30. The lowest BCUT2D eigenvalue weighted by Gasteiger charge is -2.28. The van der Waals surface area contributed by atoms with Crippen molar-refractivity contribution in [3.63, 3.8) is 0 Å². The summed E-state index contributed by atoms with van der Waals surface area (Å²) in [6.07, 6.45) is 5.20. The van der Waals surface area contributed by atoms with Gasteiger partial charge in [0, 0.05) is 36.2 Å². The second kappa shape index (κ2) is 9.82. The first kappa shape index (κ1) is 21.8. The molecule has 0 unspecified atom stereocenters. The number of nitrogens with zero attached hydrogens (tertiary/aromatic N) is 3. The van der Waals surface area contributed by atoms with E-state index < -0.39 is 10.0 Å². The van der Waals surface area contributed by atoms with Gasteiger partial charge in [-0.05, 0) is 62.1 Å². The van der Waals surface area contributed by atoms with Crippen molar-refractivity contribution >= 4 is 39.2 Å². The molecule has 166 valence electrons. The summed E-state index contributed by atoms with van der Waals surface area (Å²) >= 11 is 0. The number of hydrogen-bond acceptors (Lipinski definition) is 6. The highest BCUT2D eigenvalue weighted by Crippen LogP contribution is 2.22. The Bertz CT molecular complexity index is 1170. The molecule has 1 aliphatic rings. The number of aromatic nitrogens is 2. The number of benzene rings is 2. The van der Waals surface area contributed by atoms with Gasteiger partial charge in [0.1, 0.15) is 5.82 Å². The van der Waals surface area contributed by atoms with Crippen molar-refractivity contribution in [1.29, 1.82) is 0 Å². The fraction of sp³-hybridized carbons (Fsp3) is 0.250. The van der Waals surface area contributed by atoms with Crippen molar-refractivity contribution in [2.45, 2.75) is 26.2 Å². The molecule has 2 heterocycles. The molecule has 2 aromatic carbocycles. The summed E-state index contributed by atoms with van der Waals surface area (Å²) in [5.74, 6) is 1.47. The minimum atomic E-state index is -3.61. The molecule has 0 radical (unpaired) electrons. The Morgan fingerprint density at radius 3 is 2.31 bits per heavy atom. The maximum Gasteiger partial charge on any atom is 0.255 e. The highest BCUT2D eigenvalue weighted by molar-refractivity contribution is 7.95. The molecule has 4 rings (SSSR count). The van der Waals surface area contributed by atoms with Crippen LogP contribution in [0.3, 0.4) is 0 Å². The summed E-state index contributed by atoms with van der Waals surface area (Å²) in [7, 11) is -3.61. The van der Waals surface area contributed by atoms with Gasteiger partial charge >= 0.3 is 0 Å². The Hall–Kier alpha value is -3.39. The number of piperidine rings is 1. The van der Waals surface area contributed by atoms with E-state index in [2.05, 4.69) is 24.9 Å². The zero-order valence-electron chi connectivity index (χ0n) is 18.0. The van der Waals surface area contributed by atoms with Crippen LogP contribution in [0.5, 0.6) is 0 Å². The summed E-state index contributed by atoms with van der Waals surface area (Å²) in [5.41, 5.74) is 2.98. The molecule has 1 aliphatic heterocycles. The molecule has 0 aliphatic carbocycles. The van der Waals surface area contributed by atoms with E-state index in [-0.39, 0.29) is 0 Å². The molecule has 7 nitrogen and oxygen atoms in total. The molecular formula is C24H27N5O2S. The van der Waals surface area contributed by atoms with Crippen molar-refractivity contribution in [3.05, 3.63) is 77.3 Å². The van der Waals surface area contributed by atoms with E-state index in [0.29, 0.717) is 11.6 Å². The van der Waals surface area contributed by atoms with Gasteiger partial charge in [-0.25, -0.2) is 13.4 Å². The van der Waals surface area contributed by atoms with E-state index in [1.165, 1.54) is 19.3 Å². The predicted octanol–water partition coefficient (Wildman–Crippen LogP) is 4.93. The average molecular weight is 450 g/mol. The molecule has 0 bridgehead atoms. The normalized spacial score (nSPS) is 14.5. The average Bonchev–Trinajstić information content (AvgIpc) is 2.80. The van der Waals surface area contributed by atoms with Crippen LogP contribution in [0.1, 0.15) is 30.5 Å². The molecule has 1 fully saturated rings. The van der Waals surface area contributed by atoms with Gasteiger partial charge < -0.3 is 10.2 Å². The van der Waals surface area contributed by atoms with Gasteiger partial charge in [0.2, 0.25) is 5.95 Å². The molecule has 0 atom stereocenters. The van der Waals surface area contributed by atoms with Crippen molar-refractivity contribution in [3.8, 4) is 0 Å². The van der Waals surface area contributed by atoms with E-state index in [9.17, 15) is 8.42 Å². The van der Waals surface area contributed by atoms with E-state index in [1.54, 1.807) is 30.3 Å². The van der Waals surface area contributed by atoms with Gasteiger partial charge in [0.15, 0.2) is 0 Å². The Morgan fingerprint density at radius 1 is 0.906 bits per heavy atom. The SMILES string of the molecule is Cc1cc(N2CCCCC2)nc(Nc2ccc(NS(=O)(=O)/C=C/c3ccccc3)cc2)n1. The number of hydrogen-bond donors (Lipinski definition) is 2. The molecule has 1 aromatic heterocycles. The van der Waals surface area contributed by atoms with Crippen LogP contribution in [0.4, 0.5) is 23.1 Å². The molecule has 0 spiro atoms. The zero-order valence-corrected chi connectivity index (χ0v) is 18.8. The first-order valence-corrected chi connectivity index (χ1v) is 12.3. The van der Waals surface area contributed by atoms with Crippen molar-refractivity contribution < 1.29 is 8.42 Å². The molecular weight excluding hydrogens is 422 g/mol. The lowest BCUT2D eigenvalue weighted by atomic mass is 10.1. The third-order valence-electron chi connectivity index (χ3n) is 5.16. The fourth-order valence-corrected chi connectivity index (χ4v) is 4.44. The van der Waals surface area contributed by atoms with Crippen molar-refractivity contribution in [2.75, 3.05) is 28.0 Å². The van der Waals surface area contributed by atoms with Gasteiger partial charge in [0.25, 0.3) is 10.0 Å². The molecule has 8 heteroatoms. The third-order valence-corrected chi connectivity index (χ3v) is 6.18. The summed E-state index contributed by atoms with van der Waals surface area (Å²) in [4.78, 5) is 11.5. The number of rotatable bonds is 7. The number of sulfonamides is 1. The molecule has 1 saturated heterocycles. The standard InChI is InChI=1S/C24H27N5O2S/c1-19-18-23(29-15-6-3-7-16-29)27-24(25-19)26-21-10-12-22(13-11-21)28-32(30,31)17-14-20-8-4-2-5-9-20/h2,4-5,8-14,17-18,28H,3,6-7,15-16H2,1H3,(H,25,26,27)/b17-14+. The van der Waals surface area contributed by atoms with Crippen LogP contribution in [0, 0.1) is 6.92 Å². The number of anilines is 4. The first-order chi connectivity index (χ1) is 15.5. The van der Waals surface area contributed by atoms with Crippen LogP contribution in [0.2, 0.25) is 0 Å². The molecule has 32 heavy (non-hydrogen) atoms. The lowest BCUT2D eigenvalue weighted by molar-refractivity contribution is 0.573. The van der Waals surface area contributed by atoms with Crippen LogP contribution < -0.4 is 14.9 Å². The topological polar surface area (TPSA) is 87.2 Å². The second-order valence-corrected chi connectivity index (χ2v) is 9.37. The highest BCUT2D eigenvalue weighted by Gasteiger charge is 2.14. The summed E-state index contributed by atoms with van der Waals surface area (Å²) in [5, 5.41) is 4.38. The van der Waals surface area contributed by atoms with Crippen LogP contribution in [-0.4, -0.2) is 31.5 Å². The van der Waals surface area contributed by atoms with Crippen LogP contribution in [0.15, 0.2) is 66.1 Å². The van der Waals surface area contributed by atoms with Gasteiger partial charge in [-0.1, -0.05) is 30.3 Å². The molecule has 0 amide bonds. The highest BCUT2D eigenvalue weighted by atomic mass is 32.2. The zero-order chi connectivity index (χ0) is 22.4. The summed E-state index contributed by atoms with van der Waals surface area (Å²) in [6.45, 7) is 3.99. The summed E-state index contributed by atoms with van der Waals surface area (Å²) < 4.78 is 27.2. The Morgan fingerprint density at radius 2 is 1.59 bits per heavy atom. The maximum atomic E-state index is 12.3. The third kappa shape index (κ3) is 6.07. The van der Waals surface area contributed by atoms with Crippen LogP contribution in [-0.2, 0) is 10.0 Å². The van der Waals surface area contributed by atoms with Gasteiger partial charge in [-0.15, -0.1) is 0 Å². The number of nitrogens with one attached hydrogen (secondary N) is 2. The molecule has 2 N–H and O–H groups in total. The van der Waals surface area contributed by atoms with Gasteiger partial charge in [0.05, 0.1) is 5.41 Å². The van der Waals surface area contributed by atoms with Crippen molar-refractivity contribution in [2.24, 2.45) is 0 Å². The monoisotopic (exact) mass is 449 g/mol. The molecule has 0 saturated carbocycles. The quantitative estimate of drug-likeness (QED) is 0.532. The van der Waals surface area contributed by atoms with E-state index in [1.807, 2.05) is 43.3 Å². The Labute approximate surface area is 189 Å². The van der Waals surface area contributed by atoms with Gasteiger partial charge in [-0.3, -0.25) is 4.72 Å². The smallest absolute Gasteiger partial charge is 0.255 e. The van der Waals surface area contributed by atoms with Crippen LogP contribution in [0.25, 0.3) is 6.08 Å². The Kier molecular flexibility index (Phi) is 6.70. The maximum absolute atomic E-state index is 12.3. The fourth-order valence-electron chi connectivity index (χ4n) is 3.57. The molecule has 3 aromatic rings. The van der Waals surface area contributed by atoms with E-state index >= 15 is 0 Å². The van der Waals surface area contributed by atoms with Gasteiger partial charge in [-0.2, -0.15) is 4.98 Å². The van der Waals surface area contributed by atoms with E-state index in [0.717, 1.165) is 41.3 Å². The van der Waals surface area contributed by atoms with E-state index in [4.69, 9.17) is 0 Å². The number of aryl methyl sites for hydroxylation is 1. The largest absolute Gasteiger partial charge is 0.356 e.